The Labute approximate surface area is 118 Å². The van der Waals surface area contributed by atoms with Crippen molar-refractivity contribution in [2.24, 2.45) is 0 Å². The summed E-state index contributed by atoms with van der Waals surface area (Å²) < 4.78 is 29.1. The Morgan fingerprint density at radius 1 is 1.40 bits per heavy atom. The van der Waals surface area contributed by atoms with Gasteiger partial charge in [-0.2, -0.15) is 8.78 Å². The number of hydrogen-bond donors (Lipinski definition) is 1. The van der Waals surface area contributed by atoms with E-state index in [9.17, 15) is 18.4 Å². The molecule has 0 saturated carbocycles. The van der Waals surface area contributed by atoms with Crippen molar-refractivity contribution in [2.75, 3.05) is 24.6 Å². The highest BCUT2D eigenvalue weighted by atomic mass is 35.5. The van der Waals surface area contributed by atoms with Crippen molar-refractivity contribution in [3.8, 4) is 0 Å². The molecule has 1 aliphatic rings. The minimum absolute atomic E-state index is 0.106. The zero-order valence-corrected chi connectivity index (χ0v) is 11.0. The fourth-order valence-corrected chi connectivity index (χ4v) is 1.78. The number of halogens is 3. The van der Waals surface area contributed by atoms with E-state index >= 15 is 0 Å². The average molecular weight is 305 g/mol. The number of benzene rings is 1. The second-order valence-corrected chi connectivity index (χ2v) is 4.67. The van der Waals surface area contributed by atoms with Crippen LogP contribution in [0.5, 0.6) is 0 Å². The van der Waals surface area contributed by atoms with E-state index < -0.39 is 18.0 Å². The first-order chi connectivity index (χ1) is 9.37. The van der Waals surface area contributed by atoms with Gasteiger partial charge in [-0.05, 0) is 35.9 Å². The largest absolute Gasteiger partial charge is 0.454 e. The summed E-state index contributed by atoms with van der Waals surface area (Å²) in [6, 6.07) is 5.66. The summed E-state index contributed by atoms with van der Waals surface area (Å²) >= 11 is 4.63. The highest BCUT2D eigenvalue weighted by Gasteiger charge is 2.27. The Balaban J connectivity index is 2.01. The van der Waals surface area contributed by atoms with Gasteiger partial charge in [-0.3, -0.25) is 4.90 Å². The third-order valence-corrected chi connectivity index (χ3v) is 2.75. The molecule has 1 heterocycles. The van der Waals surface area contributed by atoms with Gasteiger partial charge in [0.15, 0.2) is 6.61 Å². The third kappa shape index (κ3) is 3.57. The van der Waals surface area contributed by atoms with Crippen LogP contribution in [0, 0.1) is 0 Å². The quantitative estimate of drug-likeness (QED) is 0.685. The van der Waals surface area contributed by atoms with Crippen molar-refractivity contribution in [3.63, 3.8) is 0 Å². The summed E-state index contributed by atoms with van der Waals surface area (Å²) in [6.45, 7) is -0.113. The van der Waals surface area contributed by atoms with Gasteiger partial charge in [0.2, 0.25) is 0 Å². The zero-order chi connectivity index (χ0) is 14.8. The Morgan fingerprint density at radius 2 is 2.05 bits per heavy atom. The molecule has 1 fully saturated rings. The van der Waals surface area contributed by atoms with Crippen LogP contribution in [0.25, 0.3) is 0 Å². The van der Waals surface area contributed by atoms with Crippen LogP contribution >= 0.6 is 11.6 Å². The van der Waals surface area contributed by atoms with Crippen LogP contribution < -0.4 is 10.2 Å². The molecule has 1 N–H and O–H groups in total. The fraction of sp³-hybridized carbons (Fsp3) is 0.333. The van der Waals surface area contributed by atoms with Crippen molar-refractivity contribution < 1.29 is 23.1 Å². The molecule has 0 unspecified atom stereocenters. The fourth-order valence-electron chi connectivity index (χ4n) is 1.73. The lowest BCUT2D eigenvalue weighted by molar-refractivity contribution is -0.00448. The van der Waals surface area contributed by atoms with Crippen LogP contribution in [-0.4, -0.2) is 37.1 Å². The van der Waals surface area contributed by atoms with Crippen molar-refractivity contribution in [3.05, 3.63) is 29.8 Å². The monoisotopic (exact) mass is 304 g/mol. The van der Waals surface area contributed by atoms with Gasteiger partial charge < -0.3 is 10.1 Å². The van der Waals surface area contributed by atoms with Gasteiger partial charge in [-0.15, -0.1) is 0 Å². The number of urea groups is 1. The van der Waals surface area contributed by atoms with Gasteiger partial charge >= 0.3 is 17.4 Å². The number of nitrogens with one attached hydrogen (secondary N) is 1. The molecular weight excluding hydrogens is 294 g/mol. The minimum atomic E-state index is -3.58. The minimum Gasteiger partial charge on any atom is -0.454 e. The van der Waals surface area contributed by atoms with Gasteiger partial charge in [-0.25, -0.2) is 9.59 Å². The van der Waals surface area contributed by atoms with E-state index in [0.717, 1.165) is 0 Å². The normalized spacial score (nSPS) is 15.2. The first-order valence-corrected chi connectivity index (χ1v) is 6.14. The van der Waals surface area contributed by atoms with E-state index in [0.29, 0.717) is 18.8 Å². The molecule has 20 heavy (non-hydrogen) atoms. The molecule has 108 valence electrons. The smallest absolute Gasteiger partial charge is 0.355 e. The topological polar surface area (TPSA) is 58.6 Å². The number of carbonyl (C=O) groups is 2. The number of esters is 1. The number of carbonyl (C=O) groups excluding carboxylic acids is 2. The van der Waals surface area contributed by atoms with Crippen LogP contribution in [0.1, 0.15) is 10.4 Å². The summed E-state index contributed by atoms with van der Waals surface area (Å²) in [4.78, 5) is 24.4. The van der Waals surface area contributed by atoms with Crippen LogP contribution in [-0.2, 0) is 4.74 Å². The summed E-state index contributed by atoms with van der Waals surface area (Å²) in [5, 5.41) is -0.940. The number of anilines is 1. The first-order valence-electron chi connectivity index (χ1n) is 5.76. The number of hydrogen-bond acceptors (Lipinski definition) is 3. The van der Waals surface area contributed by atoms with Gasteiger partial charge in [0, 0.05) is 18.8 Å². The molecule has 1 saturated heterocycles. The maximum absolute atomic E-state index is 12.3. The molecular formula is C12H11ClF2N2O3. The molecule has 2 rings (SSSR count). The van der Waals surface area contributed by atoms with Crippen LogP contribution in [0.3, 0.4) is 0 Å². The van der Waals surface area contributed by atoms with E-state index in [1.54, 1.807) is 12.1 Å². The van der Waals surface area contributed by atoms with E-state index in [2.05, 4.69) is 21.7 Å². The lowest BCUT2D eigenvalue weighted by atomic mass is 10.2. The average Bonchev–Trinajstić information content (AvgIpc) is 2.81. The predicted molar refractivity (Wildman–Crippen MR) is 68.3 cm³/mol. The molecule has 0 radical (unpaired) electrons. The summed E-state index contributed by atoms with van der Waals surface area (Å²) in [5.74, 6) is -0.900. The highest BCUT2D eigenvalue weighted by Crippen LogP contribution is 2.20. The molecule has 5 nitrogen and oxygen atoms in total. The Bertz CT molecular complexity index is 516. The molecule has 1 aromatic carbocycles. The molecule has 0 aromatic heterocycles. The first kappa shape index (κ1) is 14.5. The van der Waals surface area contributed by atoms with Crippen LogP contribution in [0.15, 0.2) is 24.3 Å². The Morgan fingerprint density at radius 3 is 2.55 bits per heavy atom. The lowest BCUT2D eigenvalue weighted by Gasteiger charge is -2.14. The molecule has 0 spiro atoms. The van der Waals surface area contributed by atoms with Crippen LogP contribution in [0.2, 0.25) is 0 Å². The summed E-state index contributed by atoms with van der Waals surface area (Å²) in [7, 11) is 0. The zero-order valence-electron chi connectivity index (χ0n) is 10.2. The third-order valence-electron chi connectivity index (χ3n) is 2.64. The standard InChI is InChI=1S/C12H11ClF2N2O3/c13-12(14,15)7-20-10(18)8-1-3-9(4-2-8)17-6-5-16-11(17)19/h1-4H,5-7H2,(H,16,19). The van der Waals surface area contributed by atoms with E-state index in [1.807, 2.05) is 0 Å². The van der Waals surface area contributed by atoms with Crippen molar-refractivity contribution in [1.29, 1.82) is 0 Å². The van der Waals surface area contributed by atoms with Crippen molar-refractivity contribution in [1.82, 2.24) is 5.32 Å². The molecule has 0 aliphatic carbocycles. The molecule has 1 aliphatic heterocycles. The second-order valence-electron chi connectivity index (χ2n) is 4.12. The number of nitrogens with zero attached hydrogens (tertiary/aromatic N) is 1. The molecule has 1 aromatic rings. The maximum Gasteiger partial charge on any atom is 0.355 e. The highest BCUT2D eigenvalue weighted by molar-refractivity contribution is 6.21. The summed E-state index contributed by atoms with van der Waals surface area (Å²) in [6.07, 6.45) is 0. The Kier molecular flexibility index (Phi) is 4.08. The number of ether oxygens (including phenoxy) is 1. The molecule has 0 atom stereocenters. The van der Waals surface area contributed by atoms with Crippen molar-refractivity contribution >= 4 is 29.3 Å². The lowest BCUT2D eigenvalue weighted by Crippen LogP contribution is -2.27. The molecule has 8 heteroatoms. The van der Waals surface area contributed by atoms with E-state index in [4.69, 9.17) is 0 Å². The van der Waals surface area contributed by atoms with Gasteiger partial charge in [0.1, 0.15) is 0 Å². The second kappa shape index (κ2) is 5.62. The Hall–Kier alpha value is -1.89. The maximum atomic E-state index is 12.3. The van der Waals surface area contributed by atoms with Gasteiger partial charge in [0.25, 0.3) is 0 Å². The number of amides is 2. The van der Waals surface area contributed by atoms with E-state index in [1.165, 1.54) is 17.0 Å². The number of rotatable bonds is 4. The van der Waals surface area contributed by atoms with E-state index in [-0.39, 0.29) is 11.6 Å². The predicted octanol–water partition coefficient (Wildman–Crippen LogP) is 2.20. The number of alkyl halides is 3. The van der Waals surface area contributed by atoms with Crippen molar-refractivity contribution in [2.45, 2.75) is 5.38 Å². The summed E-state index contributed by atoms with van der Waals surface area (Å²) in [5.41, 5.74) is 0.716. The molecule has 2 amide bonds. The molecule has 0 bridgehead atoms. The van der Waals surface area contributed by atoms with Gasteiger partial charge in [0.05, 0.1) is 5.56 Å². The van der Waals surface area contributed by atoms with Gasteiger partial charge in [-0.1, -0.05) is 0 Å². The SMILES string of the molecule is O=C(OCC(F)(F)Cl)c1ccc(N2CCNC2=O)cc1. The van der Waals surface area contributed by atoms with Crippen LogP contribution in [0.4, 0.5) is 19.3 Å².